The normalized spacial score (nSPS) is 11.4. The number of ether oxygens (including phenoxy) is 4. The predicted octanol–water partition coefficient (Wildman–Crippen LogP) is 4.42. The second kappa shape index (κ2) is 35.9. The van der Waals surface area contributed by atoms with Crippen molar-refractivity contribution in [3.63, 3.8) is 0 Å². The Kier molecular flexibility index (Phi) is 32.6. The van der Waals surface area contributed by atoms with Gasteiger partial charge in [0.15, 0.2) is 0 Å². The molecule has 0 bridgehead atoms. The van der Waals surface area contributed by atoms with Crippen LogP contribution in [-0.2, 0) is 49.5 Å². The van der Waals surface area contributed by atoms with Gasteiger partial charge >= 0.3 is 5.97 Å². The van der Waals surface area contributed by atoms with E-state index in [2.05, 4.69) is 10.6 Å². The first-order valence-corrected chi connectivity index (χ1v) is 21.3. The van der Waals surface area contributed by atoms with E-state index in [4.69, 9.17) is 36.1 Å². The molecular weight excluding hydrogens is 730 g/mol. The van der Waals surface area contributed by atoms with Gasteiger partial charge in [-0.1, -0.05) is 68.9 Å². The second-order valence-corrected chi connectivity index (χ2v) is 14.9. The second-order valence-electron chi connectivity index (χ2n) is 14.9. The van der Waals surface area contributed by atoms with E-state index in [1.807, 2.05) is 30.3 Å². The Bertz CT molecular complexity index is 1130. The van der Waals surface area contributed by atoms with Gasteiger partial charge in [-0.15, -0.1) is 0 Å². The fourth-order valence-corrected chi connectivity index (χ4v) is 6.06. The highest BCUT2D eigenvalue weighted by Crippen LogP contribution is 2.27. The number of amides is 2. The van der Waals surface area contributed by atoms with Crippen molar-refractivity contribution in [1.82, 2.24) is 10.6 Å². The Hall–Kier alpha value is -3.27. The standard InChI is InChI=1S/C43H75N5O9/c44-24-13-12-18-38(49)21-29-54-34-43(35-55-30-22-40(51)47-27-14-25-45,36-56-31-23-41(52)48-28-15-26-46)32-39(50)19-10-5-3-1-2-4-6-11-20-42(53)57-33-37-16-8-7-9-17-37/h7-9,16-17H,1-6,10-15,18-36,44-46H2,(H,47,51)(H,48,52). The Morgan fingerprint density at radius 3 is 1.49 bits per heavy atom. The van der Waals surface area contributed by atoms with Crippen LogP contribution in [0.3, 0.4) is 0 Å². The van der Waals surface area contributed by atoms with E-state index in [9.17, 15) is 24.0 Å². The van der Waals surface area contributed by atoms with Gasteiger partial charge in [0, 0.05) is 63.5 Å². The Morgan fingerprint density at radius 1 is 0.509 bits per heavy atom. The van der Waals surface area contributed by atoms with Crippen LogP contribution in [0.1, 0.15) is 128 Å². The zero-order valence-electron chi connectivity index (χ0n) is 34.7. The molecule has 0 saturated heterocycles. The molecule has 0 unspecified atom stereocenters. The van der Waals surface area contributed by atoms with Crippen LogP contribution in [0.2, 0.25) is 0 Å². The van der Waals surface area contributed by atoms with Gasteiger partial charge in [0.25, 0.3) is 0 Å². The van der Waals surface area contributed by atoms with Crippen LogP contribution in [-0.4, -0.2) is 102 Å². The molecule has 0 aliphatic heterocycles. The molecule has 326 valence electrons. The molecule has 14 heteroatoms. The summed E-state index contributed by atoms with van der Waals surface area (Å²) >= 11 is 0. The summed E-state index contributed by atoms with van der Waals surface area (Å²) in [5.41, 5.74) is 16.7. The number of hydrogen-bond donors (Lipinski definition) is 5. The van der Waals surface area contributed by atoms with Crippen molar-refractivity contribution >= 4 is 29.4 Å². The third-order valence-corrected chi connectivity index (χ3v) is 9.41. The highest BCUT2D eigenvalue weighted by Gasteiger charge is 2.34. The zero-order chi connectivity index (χ0) is 41.7. The molecule has 0 aliphatic carbocycles. The molecule has 0 aromatic heterocycles. The predicted molar refractivity (Wildman–Crippen MR) is 222 cm³/mol. The first kappa shape index (κ1) is 51.7. The lowest BCUT2D eigenvalue weighted by molar-refractivity contribution is -0.145. The van der Waals surface area contributed by atoms with Gasteiger partial charge in [0.1, 0.15) is 18.2 Å². The zero-order valence-corrected chi connectivity index (χ0v) is 34.7. The number of ketones is 2. The van der Waals surface area contributed by atoms with Crippen LogP contribution in [0.25, 0.3) is 0 Å². The molecule has 8 N–H and O–H groups in total. The van der Waals surface area contributed by atoms with Gasteiger partial charge in [0.05, 0.1) is 39.6 Å². The van der Waals surface area contributed by atoms with Gasteiger partial charge < -0.3 is 46.8 Å². The number of nitrogens with one attached hydrogen (secondary N) is 2. The van der Waals surface area contributed by atoms with E-state index < -0.39 is 5.41 Å². The van der Waals surface area contributed by atoms with E-state index in [-0.39, 0.29) is 94.7 Å². The lowest BCUT2D eigenvalue weighted by Crippen LogP contribution is -2.40. The van der Waals surface area contributed by atoms with Gasteiger partial charge in [-0.05, 0) is 63.7 Å². The van der Waals surface area contributed by atoms with Gasteiger partial charge in [0.2, 0.25) is 11.8 Å². The van der Waals surface area contributed by atoms with Crippen molar-refractivity contribution in [3.8, 4) is 0 Å². The number of carbonyl (C=O) groups is 5. The molecule has 1 aromatic rings. The molecular formula is C43H75N5O9. The summed E-state index contributed by atoms with van der Waals surface area (Å²) in [6.07, 6.45) is 12.6. The molecule has 0 saturated carbocycles. The van der Waals surface area contributed by atoms with Crippen LogP contribution < -0.4 is 27.8 Å². The topological polar surface area (TPSA) is 224 Å². The number of carbonyl (C=O) groups excluding carboxylic acids is 5. The smallest absolute Gasteiger partial charge is 0.306 e. The van der Waals surface area contributed by atoms with Crippen LogP contribution in [0.5, 0.6) is 0 Å². The molecule has 0 radical (unpaired) electrons. The minimum Gasteiger partial charge on any atom is -0.461 e. The largest absolute Gasteiger partial charge is 0.461 e. The summed E-state index contributed by atoms with van der Waals surface area (Å²) in [5, 5.41) is 5.63. The lowest BCUT2D eigenvalue weighted by atomic mass is 9.83. The minimum absolute atomic E-state index is 0.0573. The quantitative estimate of drug-likeness (QED) is 0.0459. The van der Waals surface area contributed by atoms with E-state index in [0.717, 1.165) is 69.8 Å². The molecule has 1 rings (SSSR count). The maximum absolute atomic E-state index is 13.5. The van der Waals surface area contributed by atoms with Crippen LogP contribution >= 0.6 is 0 Å². The molecule has 0 atom stereocenters. The SMILES string of the molecule is NCCCCC(=O)CCOCC(COCCC(=O)NCCCN)(COCCC(=O)NCCCN)CC(=O)CCCCCCCCCCC(=O)OCc1ccccc1. The Labute approximate surface area is 341 Å². The van der Waals surface area contributed by atoms with E-state index in [0.29, 0.717) is 71.4 Å². The number of benzene rings is 1. The maximum atomic E-state index is 13.5. The van der Waals surface area contributed by atoms with Crippen LogP contribution in [0.4, 0.5) is 0 Å². The summed E-state index contributed by atoms with van der Waals surface area (Å²) in [7, 11) is 0. The molecule has 57 heavy (non-hydrogen) atoms. The molecule has 0 aliphatic rings. The summed E-state index contributed by atoms with van der Waals surface area (Å²) in [6.45, 7) is 3.62. The van der Waals surface area contributed by atoms with Crippen molar-refractivity contribution in [1.29, 1.82) is 0 Å². The number of nitrogens with two attached hydrogens (primary N) is 3. The van der Waals surface area contributed by atoms with Gasteiger partial charge in [-0.25, -0.2) is 0 Å². The molecule has 1 aromatic carbocycles. The molecule has 2 amide bonds. The van der Waals surface area contributed by atoms with Crippen molar-refractivity contribution in [2.45, 2.75) is 129 Å². The van der Waals surface area contributed by atoms with E-state index >= 15 is 0 Å². The monoisotopic (exact) mass is 806 g/mol. The summed E-state index contributed by atoms with van der Waals surface area (Å²) in [6, 6.07) is 9.67. The summed E-state index contributed by atoms with van der Waals surface area (Å²) in [5.74, 6) is -0.305. The Balaban J connectivity index is 2.65. The fraction of sp³-hybridized carbons (Fsp3) is 0.744. The molecule has 0 spiro atoms. The number of rotatable bonds is 40. The number of Topliss-reactive ketones (excluding diaryl/α,β-unsaturated/α-hetero) is 2. The average molecular weight is 806 g/mol. The fourth-order valence-electron chi connectivity index (χ4n) is 6.06. The third-order valence-electron chi connectivity index (χ3n) is 9.41. The van der Waals surface area contributed by atoms with Crippen molar-refractivity contribution in [3.05, 3.63) is 35.9 Å². The molecule has 14 nitrogen and oxygen atoms in total. The van der Waals surface area contributed by atoms with Gasteiger partial charge in [-0.3, -0.25) is 24.0 Å². The number of unbranched alkanes of at least 4 members (excludes halogenated alkanes) is 8. The highest BCUT2D eigenvalue weighted by atomic mass is 16.5. The maximum Gasteiger partial charge on any atom is 0.306 e. The third kappa shape index (κ3) is 30.5. The van der Waals surface area contributed by atoms with Crippen molar-refractivity contribution < 1.29 is 42.9 Å². The van der Waals surface area contributed by atoms with E-state index in [1.165, 1.54) is 0 Å². The minimum atomic E-state index is -0.875. The van der Waals surface area contributed by atoms with Crippen LogP contribution in [0.15, 0.2) is 30.3 Å². The van der Waals surface area contributed by atoms with E-state index in [1.54, 1.807) is 0 Å². The lowest BCUT2D eigenvalue weighted by Gasteiger charge is -2.33. The van der Waals surface area contributed by atoms with Crippen molar-refractivity contribution in [2.24, 2.45) is 22.6 Å². The van der Waals surface area contributed by atoms with Crippen LogP contribution in [0, 0.1) is 5.41 Å². The summed E-state index contributed by atoms with van der Waals surface area (Å²) < 4.78 is 23.4. The number of esters is 1. The van der Waals surface area contributed by atoms with Crippen molar-refractivity contribution in [2.75, 3.05) is 72.4 Å². The first-order valence-electron chi connectivity index (χ1n) is 21.3. The summed E-state index contributed by atoms with van der Waals surface area (Å²) in [4.78, 5) is 62.4. The average Bonchev–Trinajstić information content (AvgIpc) is 3.20. The van der Waals surface area contributed by atoms with Gasteiger partial charge in [-0.2, -0.15) is 0 Å². The Morgan fingerprint density at radius 2 is 0.965 bits per heavy atom. The number of hydrogen-bond acceptors (Lipinski definition) is 12. The first-order chi connectivity index (χ1) is 27.7. The molecule has 0 fully saturated rings. The molecule has 0 heterocycles. The highest BCUT2D eigenvalue weighted by molar-refractivity contribution is 5.79.